The molecule has 1 N–H and O–H groups in total. The summed E-state index contributed by atoms with van der Waals surface area (Å²) in [6.07, 6.45) is 12.0. The van der Waals surface area contributed by atoms with Gasteiger partial charge in [-0.3, -0.25) is 4.79 Å². The van der Waals surface area contributed by atoms with Crippen molar-refractivity contribution < 1.29 is 9.90 Å². The summed E-state index contributed by atoms with van der Waals surface area (Å²) in [5.74, 6) is 3.15. The van der Waals surface area contributed by atoms with Crippen molar-refractivity contribution in [1.82, 2.24) is 0 Å². The molecule has 1 unspecified atom stereocenters. The van der Waals surface area contributed by atoms with E-state index < -0.39 is 0 Å². The SMILES string of the molecule is C.C.CC(C)C12CCC(C(C)C)(CC1)C(=O)C2.CC(C)C12CCC(C(C)C)(CC1)C(O)C2. The number of hydrogen-bond donors (Lipinski definition) is 1. The van der Waals surface area contributed by atoms with E-state index in [1.54, 1.807) is 0 Å². The second-order valence-electron chi connectivity index (χ2n) is 13.1. The topological polar surface area (TPSA) is 37.3 Å². The normalized spacial score (nSPS) is 40.3. The molecule has 190 valence electrons. The van der Waals surface area contributed by atoms with Gasteiger partial charge in [0.15, 0.2) is 0 Å². The van der Waals surface area contributed by atoms with Gasteiger partial charge in [-0.2, -0.15) is 0 Å². The van der Waals surface area contributed by atoms with Gasteiger partial charge in [-0.05, 0) is 97.7 Å². The van der Waals surface area contributed by atoms with Gasteiger partial charge in [0, 0.05) is 11.8 Å². The lowest BCUT2D eigenvalue weighted by Crippen LogP contribution is -2.55. The van der Waals surface area contributed by atoms with E-state index in [2.05, 4.69) is 55.4 Å². The highest BCUT2D eigenvalue weighted by molar-refractivity contribution is 5.87. The van der Waals surface area contributed by atoms with Crippen molar-refractivity contribution in [2.45, 2.75) is 141 Å². The monoisotopic (exact) mass is 450 g/mol. The maximum Gasteiger partial charge on any atom is 0.139 e. The molecule has 0 radical (unpaired) electrons. The summed E-state index contributed by atoms with van der Waals surface area (Å²) in [5.41, 5.74) is 1.16. The molecule has 6 aliphatic carbocycles. The molecule has 6 aliphatic rings. The lowest BCUT2D eigenvalue weighted by atomic mass is 9.47. The Hall–Kier alpha value is -0.370. The fraction of sp³-hybridized carbons (Fsp3) is 0.967. The summed E-state index contributed by atoms with van der Waals surface area (Å²) in [4.78, 5) is 12.3. The number of hydrogen-bond acceptors (Lipinski definition) is 2. The Morgan fingerprint density at radius 3 is 1.41 bits per heavy atom. The first-order valence-corrected chi connectivity index (χ1v) is 13.1. The Morgan fingerprint density at radius 1 is 0.656 bits per heavy atom. The molecule has 6 rings (SSSR count). The molecule has 0 saturated heterocycles. The van der Waals surface area contributed by atoms with E-state index >= 15 is 0 Å². The molecule has 32 heavy (non-hydrogen) atoms. The molecule has 0 heterocycles. The van der Waals surface area contributed by atoms with E-state index in [1.807, 2.05) is 0 Å². The molecule has 0 spiro atoms. The Morgan fingerprint density at radius 2 is 1.09 bits per heavy atom. The van der Waals surface area contributed by atoms with E-state index in [9.17, 15) is 9.90 Å². The minimum absolute atomic E-state index is 0. The molecule has 4 bridgehead atoms. The van der Waals surface area contributed by atoms with Gasteiger partial charge in [0.2, 0.25) is 0 Å². The van der Waals surface area contributed by atoms with Crippen LogP contribution in [0.1, 0.15) is 134 Å². The van der Waals surface area contributed by atoms with E-state index in [1.165, 1.54) is 38.5 Å². The van der Waals surface area contributed by atoms with Crippen LogP contribution >= 0.6 is 0 Å². The quantitative estimate of drug-likeness (QED) is 0.465. The van der Waals surface area contributed by atoms with E-state index in [4.69, 9.17) is 0 Å². The van der Waals surface area contributed by atoms with Crippen molar-refractivity contribution in [3.63, 3.8) is 0 Å². The van der Waals surface area contributed by atoms with Crippen molar-refractivity contribution in [3.8, 4) is 0 Å². The molecule has 6 saturated carbocycles. The highest BCUT2D eigenvalue weighted by Gasteiger charge is 2.57. The van der Waals surface area contributed by atoms with Crippen LogP contribution in [0.25, 0.3) is 0 Å². The summed E-state index contributed by atoms with van der Waals surface area (Å²) in [7, 11) is 0. The zero-order chi connectivity index (χ0) is 22.5. The second kappa shape index (κ2) is 10.1. The Bertz CT molecular complexity index is 611. The van der Waals surface area contributed by atoms with Crippen molar-refractivity contribution >= 4 is 5.78 Å². The number of carbonyl (C=O) groups is 1. The molecule has 0 aromatic carbocycles. The average molecular weight is 451 g/mol. The van der Waals surface area contributed by atoms with Crippen LogP contribution in [0.3, 0.4) is 0 Å². The summed E-state index contributed by atoms with van der Waals surface area (Å²) in [5, 5.41) is 10.4. The lowest BCUT2D eigenvalue weighted by molar-refractivity contribution is -0.152. The predicted molar refractivity (Wildman–Crippen MR) is 140 cm³/mol. The maximum atomic E-state index is 12.3. The number of carbonyl (C=O) groups excluding carboxylic acids is 1. The van der Waals surface area contributed by atoms with Gasteiger partial charge in [-0.1, -0.05) is 70.2 Å². The van der Waals surface area contributed by atoms with Gasteiger partial charge >= 0.3 is 0 Å². The van der Waals surface area contributed by atoms with Crippen LogP contribution in [0, 0.1) is 45.3 Å². The number of ketones is 1. The molecule has 0 amide bonds. The van der Waals surface area contributed by atoms with Crippen molar-refractivity contribution in [2.75, 3.05) is 0 Å². The first kappa shape index (κ1) is 29.7. The molecule has 2 nitrogen and oxygen atoms in total. The van der Waals surface area contributed by atoms with Gasteiger partial charge < -0.3 is 5.11 Å². The molecule has 1 atom stereocenters. The van der Waals surface area contributed by atoms with Crippen LogP contribution in [0.4, 0.5) is 0 Å². The van der Waals surface area contributed by atoms with Crippen LogP contribution < -0.4 is 0 Å². The van der Waals surface area contributed by atoms with Gasteiger partial charge in [0.25, 0.3) is 0 Å². The van der Waals surface area contributed by atoms with Crippen molar-refractivity contribution in [2.24, 2.45) is 45.3 Å². The van der Waals surface area contributed by atoms with Gasteiger partial charge in [0.05, 0.1) is 6.10 Å². The molecule has 0 aromatic rings. The van der Waals surface area contributed by atoms with E-state index in [0.717, 1.165) is 31.6 Å². The minimum Gasteiger partial charge on any atom is -0.393 e. The number of aliphatic hydroxyl groups excluding tert-OH is 1. The average Bonchev–Trinajstić information content (AvgIpc) is 2.69. The molecule has 6 fully saturated rings. The van der Waals surface area contributed by atoms with Crippen LogP contribution in [-0.2, 0) is 4.79 Å². The van der Waals surface area contributed by atoms with Gasteiger partial charge in [0.1, 0.15) is 5.78 Å². The third-order valence-electron chi connectivity index (χ3n) is 11.4. The maximum absolute atomic E-state index is 12.3. The van der Waals surface area contributed by atoms with Crippen LogP contribution in [-0.4, -0.2) is 17.0 Å². The highest BCUT2D eigenvalue weighted by Crippen LogP contribution is 2.62. The Balaban J connectivity index is 0.000000301. The van der Waals surface area contributed by atoms with Crippen LogP contribution in [0.15, 0.2) is 0 Å². The van der Waals surface area contributed by atoms with Gasteiger partial charge in [-0.25, -0.2) is 0 Å². The van der Waals surface area contributed by atoms with Crippen LogP contribution in [0.5, 0.6) is 0 Å². The largest absolute Gasteiger partial charge is 0.393 e. The first-order chi connectivity index (χ1) is 13.9. The minimum atomic E-state index is -0.0394. The summed E-state index contributed by atoms with van der Waals surface area (Å²) in [6.45, 7) is 18.3. The smallest absolute Gasteiger partial charge is 0.139 e. The van der Waals surface area contributed by atoms with Crippen molar-refractivity contribution in [3.05, 3.63) is 0 Å². The summed E-state index contributed by atoms with van der Waals surface area (Å²) < 4.78 is 0. The number of rotatable bonds is 4. The van der Waals surface area contributed by atoms with Crippen molar-refractivity contribution in [1.29, 1.82) is 0 Å². The zero-order valence-electron chi connectivity index (χ0n) is 21.3. The third-order valence-corrected chi connectivity index (χ3v) is 11.4. The number of Topliss-reactive ketones (excluding diaryl/α,β-unsaturated/α-hetero) is 1. The molecule has 0 aliphatic heterocycles. The standard InChI is InChI=1S/C14H26O.C14H24O.2CH4/c2*1-10(2)13-5-7-14(8-6-13,11(3)4)12(15)9-13;;/h10-12,15H,5-9H2,1-4H3;10-11H,5-9H2,1-4H3;2*1H4. The third kappa shape index (κ3) is 4.48. The summed E-state index contributed by atoms with van der Waals surface area (Å²) in [6, 6.07) is 0. The lowest BCUT2D eigenvalue weighted by Gasteiger charge is -2.59. The molecular weight excluding hydrogens is 392 g/mol. The van der Waals surface area contributed by atoms with E-state index in [0.29, 0.717) is 34.4 Å². The van der Waals surface area contributed by atoms with Crippen LogP contribution in [0.2, 0.25) is 0 Å². The second-order valence-corrected chi connectivity index (χ2v) is 13.1. The first-order valence-electron chi connectivity index (χ1n) is 13.1. The predicted octanol–water partition coefficient (Wildman–Crippen LogP) is 8.70. The Labute approximate surface area is 201 Å². The number of aliphatic hydroxyl groups is 1. The fourth-order valence-corrected chi connectivity index (χ4v) is 7.94. The van der Waals surface area contributed by atoms with E-state index in [-0.39, 0.29) is 31.8 Å². The number of fused-ring (bicyclic) bond motifs is 6. The highest BCUT2D eigenvalue weighted by atomic mass is 16.3. The molecule has 0 aromatic heterocycles. The molecular formula is C30H58O2. The summed E-state index contributed by atoms with van der Waals surface area (Å²) >= 11 is 0. The zero-order valence-corrected chi connectivity index (χ0v) is 21.3. The fourth-order valence-electron chi connectivity index (χ4n) is 7.94. The Kier molecular flexibility index (Phi) is 9.35. The molecule has 2 heteroatoms. The van der Waals surface area contributed by atoms with Gasteiger partial charge in [-0.15, -0.1) is 0 Å².